The van der Waals surface area contributed by atoms with Gasteiger partial charge in [-0.3, -0.25) is 0 Å². The van der Waals surface area contributed by atoms with Gasteiger partial charge in [-0.25, -0.2) is 19.3 Å². The lowest BCUT2D eigenvalue weighted by Crippen LogP contribution is -2.30. The van der Waals surface area contributed by atoms with Crippen LogP contribution in [0.4, 0.5) is 16.0 Å². The minimum absolute atomic E-state index is 0.223. The van der Waals surface area contributed by atoms with Crippen LogP contribution in [0.2, 0.25) is 0 Å². The summed E-state index contributed by atoms with van der Waals surface area (Å²) in [7, 11) is 0. The Morgan fingerprint density at radius 2 is 1.67 bits per heavy atom. The zero-order valence-electron chi connectivity index (χ0n) is 13.5. The van der Waals surface area contributed by atoms with Crippen LogP contribution in [-0.4, -0.2) is 41.1 Å². The first-order valence-electron chi connectivity index (χ1n) is 8.71. The second kappa shape index (κ2) is 5.40. The van der Waals surface area contributed by atoms with Gasteiger partial charge in [-0.05, 0) is 31.0 Å². The van der Waals surface area contributed by atoms with E-state index in [4.69, 9.17) is 4.98 Å². The van der Waals surface area contributed by atoms with Gasteiger partial charge in [0.2, 0.25) is 0 Å². The van der Waals surface area contributed by atoms with Crippen molar-refractivity contribution in [3.8, 4) is 0 Å². The summed E-state index contributed by atoms with van der Waals surface area (Å²) in [5.41, 5.74) is 0. The maximum Gasteiger partial charge on any atom is 0.165 e. The van der Waals surface area contributed by atoms with Gasteiger partial charge in [0.1, 0.15) is 11.6 Å². The van der Waals surface area contributed by atoms with E-state index in [2.05, 4.69) is 19.8 Å². The Morgan fingerprint density at radius 3 is 2.38 bits per heavy atom. The van der Waals surface area contributed by atoms with Crippen molar-refractivity contribution in [2.45, 2.75) is 18.8 Å². The lowest BCUT2D eigenvalue weighted by molar-refractivity contribution is 0.533. The highest BCUT2D eigenvalue weighted by molar-refractivity contribution is 5.45. The summed E-state index contributed by atoms with van der Waals surface area (Å²) in [6.45, 7) is 3.71. The van der Waals surface area contributed by atoms with Crippen LogP contribution in [0, 0.1) is 17.7 Å². The summed E-state index contributed by atoms with van der Waals surface area (Å²) in [6.07, 6.45) is 6.00. The third-order valence-corrected chi connectivity index (χ3v) is 5.45. The van der Waals surface area contributed by atoms with Gasteiger partial charge in [0.25, 0.3) is 0 Å². The Balaban J connectivity index is 1.30. The van der Waals surface area contributed by atoms with Crippen LogP contribution in [0.25, 0.3) is 0 Å². The molecule has 5 rings (SSSR count). The second-order valence-electron chi connectivity index (χ2n) is 7.19. The number of pyridine rings is 1. The fourth-order valence-corrected chi connectivity index (χ4v) is 4.04. The van der Waals surface area contributed by atoms with Crippen molar-refractivity contribution >= 4 is 11.6 Å². The van der Waals surface area contributed by atoms with E-state index in [1.54, 1.807) is 12.3 Å². The summed E-state index contributed by atoms with van der Waals surface area (Å²) in [4.78, 5) is 17.9. The normalized spacial score (nSPS) is 26.0. The van der Waals surface area contributed by atoms with Gasteiger partial charge in [0.05, 0.1) is 0 Å². The van der Waals surface area contributed by atoms with E-state index < -0.39 is 0 Å². The molecule has 3 fully saturated rings. The summed E-state index contributed by atoms with van der Waals surface area (Å²) < 4.78 is 14.0. The van der Waals surface area contributed by atoms with E-state index in [1.165, 1.54) is 18.9 Å². The predicted molar refractivity (Wildman–Crippen MR) is 89.6 cm³/mol. The molecule has 0 aromatic carbocycles. The molecule has 24 heavy (non-hydrogen) atoms. The third-order valence-electron chi connectivity index (χ3n) is 5.45. The molecule has 0 amide bonds. The molecule has 1 saturated carbocycles. The maximum absolute atomic E-state index is 14.0. The fraction of sp³-hybridized carbons (Fsp3) is 0.500. The number of aromatic nitrogens is 3. The number of rotatable bonds is 3. The molecule has 2 aromatic rings. The Bertz CT molecular complexity index is 749. The zero-order valence-corrected chi connectivity index (χ0v) is 13.5. The van der Waals surface area contributed by atoms with Crippen LogP contribution < -0.4 is 9.80 Å². The van der Waals surface area contributed by atoms with Gasteiger partial charge < -0.3 is 9.80 Å². The molecule has 2 aliphatic heterocycles. The smallest absolute Gasteiger partial charge is 0.165 e. The van der Waals surface area contributed by atoms with Crippen molar-refractivity contribution in [2.24, 2.45) is 11.8 Å². The number of anilines is 2. The molecular weight excluding hydrogens is 305 g/mol. The SMILES string of the molecule is Fc1cccnc1N1CC2CN(c3ccnc(C4CC4)n3)CC2C1. The summed E-state index contributed by atoms with van der Waals surface area (Å²) in [6, 6.07) is 5.15. The second-order valence-corrected chi connectivity index (χ2v) is 7.19. The molecule has 0 radical (unpaired) electrons. The molecule has 0 spiro atoms. The van der Waals surface area contributed by atoms with E-state index in [1.807, 2.05) is 12.3 Å². The van der Waals surface area contributed by atoms with E-state index >= 15 is 0 Å². The molecule has 0 N–H and O–H groups in total. The number of nitrogens with zero attached hydrogens (tertiary/aromatic N) is 5. The molecule has 3 aliphatic rings. The molecule has 6 heteroatoms. The highest BCUT2D eigenvalue weighted by atomic mass is 19.1. The fourth-order valence-electron chi connectivity index (χ4n) is 4.04. The van der Waals surface area contributed by atoms with Gasteiger partial charge in [-0.1, -0.05) is 0 Å². The Morgan fingerprint density at radius 1 is 0.917 bits per heavy atom. The van der Waals surface area contributed by atoms with Crippen LogP contribution >= 0.6 is 0 Å². The minimum atomic E-state index is -0.223. The van der Waals surface area contributed by atoms with Crippen LogP contribution in [0.5, 0.6) is 0 Å². The topological polar surface area (TPSA) is 45.2 Å². The average molecular weight is 325 g/mol. The van der Waals surface area contributed by atoms with Crippen LogP contribution in [0.3, 0.4) is 0 Å². The van der Waals surface area contributed by atoms with E-state index in [0.29, 0.717) is 23.6 Å². The van der Waals surface area contributed by atoms with Crippen molar-refractivity contribution in [3.05, 3.63) is 42.2 Å². The first-order chi connectivity index (χ1) is 11.8. The first-order valence-corrected chi connectivity index (χ1v) is 8.71. The van der Waals surface area contributed by atoms with Crippen LogP contribution in [0.15, 0.2) is 30.6 Å². The van der Waals surface area contributed by atoms with Gasteiger partial charge in [-0.2, -0.15) is 0 Å². The number of hydrogen-bond donors (Lipinski definition) is 0. The lowest BCUT2D eigenvalue weighted by Gasteiger charge is -2.23. The minimum Gasteiger partial charge on any atom is -0.356 e. The van der Waals surface area contributed by atoms with Crippen molar-refractivity contribution in [3.63, 3.8) is 0 Å². The van der Waals surface area contributed by atoms with Gasteiger partial charge in [-0.15, -0.1) is 0 Å². The Hall–Kier alpha value is -2.24. The van der Waals surface area contributed by atoms with Crippen molar-refractivity contribution in [1.82, 2.24) is 15.0 Å². The Labute approximate surface area is 140 Å². The van der Waals surface area contributed by atoms with Crippen molar-refractivity contribution in [1.29, 1.82) is 0 Å². The van der Waals surface area contributed by atoms with E-state index in [0.717, 1.165) is 37.8 Å². The molecule has 124 valence electrons. The number of halogens is 1. The number of fused-ring (bicyclic) bond motifs is 1. The average Bonchev–Trinajstić information content (AvgIpc) is 3.26. The van der Waals surface area contributed by atoms with E-state index in [-0.39, 0.29) is 5.82 Å². The molecule has 2 atom stereocenters. The zero-order chi connectivity index (χ0) is 16.1. The highest BCUT2D eigenvalue weighted by Gasteiger charge is 2.41. The molecular formula is C18H20FN5. The largest absolute Gasteiger partial charge is 0.356 e. The standard InChI is InChI=1S/C18H20FN5/c19-15-2-1-6-21-18(15)24-10-13-8-23(9-14(13)11-24)16-5-7-20-17(22-16)12-3-4-12/h1-2,5-7,12-14H,3-4,8-11H2. The molecule has 1 aliphatic carbocycles. The van der Waals surface area contributed by atoms with Gasteiger partial charge in [0.15, 0.2) is 11.6 Å². The molecule has 2 aromatic heterocycles. The highest BCUT2D eigenvalue weighted by Crippen LogP contribution is 2.39. The van der Waals surface area contributed by atoms with E-state index in [9.17, 15) is 4.39 Å². The van der Waals surface area contributed by atoms with Gasteiger partial charge >= 0.3 is 0 Å². The van der Waals surface area contributed by atoms with Crippen LogP contribution in [0.1, 0.15) is 24.6 Å². The van der Waals surface area contributed by atoms with Crippen molar-refractivity contribution < 1.29 is 4.39 Å². The molecule has 4 heterocycles. The summed E-state index contributed by atoms with van der Waals surface area (Å²) >= 11 is 0. The predicted octanol–water partition coefficient (Wildman–Crippen LogP) is 2.46. The Kier molecular flexibility index (Phi) is 3.18. The molecule has 2 saturated heterocycles. The maximum atomic E-state index is 14.0. The monoisotopic (exact) mass is 325 g/mol. The van der Waals surface area contributed by atoms with Crippen molar-refractivity contribution in [2.75, 3.05) is 36.0 Å². The summed E-state index contributed by atoms with van der Waals surface area (Å²) in [5.74, 6) is 4.00. The quantitative estimate of drug-likeness (QED) is 0.867. The van der Waals surface area contributed by atoms with Crippen LogP contribution in [-0.2, 0) is 0 Å². The molecule has 2 unspecified atom stereocenters. The summed E-state index contributed by atoms with van der Waals surface area (Å²) in [5, 5.41) is 0. The first kappa shape index (κ1) is 14.1. The third kappa shape index (κ3) is 2.41. The number of hydrogen-bond acceptors (Lipinski definition) is 5. The van der Waals surface area contributed by atoms with Gasteiger partial charge in [0, 0.05) is 56.3 Å². The molecule has 0 bridgehead atoms. The molecule has 5 nitrogen and oxygen atoms in total. The lowest BCUT2D eigenvalue weighted by atomic mass is 10.0.